The second-order valence-electron chi connectivity index (χ2n) is 3.90. The lowest BCUT2D eigenvalue weighted by molar-refractivity contribution is -0.163. The molecule has 0 aromatic carbocycles. The molecule has 6 nitrogen and oxygen atoms in total. The Morgan fingerprint density at radius 1 is 1.27 bits per heavy atom. The lowest BCUT2D eigenvalue weighted by Crippen LogP contribution is -2.37. The molecule has 0 aliphatic carbocycles. The van der Waals surface area contributed by atoms with E-state index in [0.717, 1.165) is 0 Å². The first-order valence-electron chi connectivity index (χ1n) is 4.45. The highest BCUT2D eigenvalue weighted by atomic mass is 16.6. The maximum Gasteiger partial charge on any atom is 0.397 e. The van der Waals surface area contributed by atoms with Gasteiger partial charge in [0.15, 0.2) is 0 Å². The number of hydrogen-bond acceptors (Lipinski definition) is 4. The third-order valence-corrected chi connectivity index (χ3v) is 1.21. The minimum Gasteiger partial charge on any atom is -0.481 e. The summed E-state index contributed by atoms with van der Waals surface area (Å²) in [5.74, 6) is -2.97. The summed E-state index contributed by atoms with van der Waals surface area (Å²) in [5, 5.41) is 10.4. The molecule has 0 bridgehead atoms. The summed E-state index contributed by atoms with van der Waals surface area (Å²) in [4.78, 5) is 32.2. The molecule has 0 spiro atoms. The van der Waals surface area contributed by atoms with Crippen molar-refractivity contribution in [3.8, 4) is 0 Å². The van der Waals surface area contributed by atoms with Crippen molar-refractivity contribution >= 4 is 17.8 Å². The van der Waals surface area contributed by atoms with Gasteiger partial charge in [0.05, 0.1) is 6.42 Å². The maximum absolute atomic E-state index is 11.1. The zero-order valence-electron chi connectivity index (χ0n) is 8.99. The van der Waals surface area contributed by atoms with Gasteiger partial charge in [-0.05, 0) is 20.8 Å². The van der Waals surface area contributed by atoms with Gasteiger partial charge < -0.3 is 15.2 Å². The zero-order chi connectivity index (χ0) is 12.1. The summed E-state index contributed by atoms with van der Waals surface area (Å²) in [6.07, 6.45) is -0.228. The molecule has 0 unspecified atom stereocenters. The van der Waals surface area contributed by atoms with Gasteiger partial charge in [0.25, 0.3) is 0 Å². The molecular formula is C9H15NO5. The number of amides is 1. The van der Waals surface area contributed by atoms with Crippen molar-refractivity contribution in [3.05, 3.63) is 0 Å². The molecular weight excluding hydrogens is 202 g/mol. The molecule has 86 valence electrons. The van der Waals surface area contributed by atoms with Gasteiger partial charge in [-0.15, -0.1) is 0 Å². The summed E-state index contributed by atoms with van der Waals surface area (Å²) >= 11 is 0. The van der Waals surface area contributed by atoms with Crippen LogP contribution in [0.5, 0.6) is 0 Å². The van der Waals surface area contributed by atoms with E-state index < -0.39 is 23.4 Å². The van der Waals surface area contributed by atoms with Crippen LogP contribution in [-0.2, 0) is 19.1 Å². The van der Waals surface area contributed by atoms with Crippen LogP contribution in [0.3, 0.4) is 0 Å². The molecule has 2 N–H and O–H groups in total. The van der Waals surface area contributed by atoms with E-state index in [1.54, 1.807) is 20.8 Å². The topological polar surface area (TPSA) is 92.7 Å². The van der Waals surface area contributed by atoms with Gasteiger partial charge in [0.1, 0.15) is 5.60 Å². The number of aliphatic carboxylic acids is 1. The molecule has 0 rings (SSSR count). The standard InChI is InChI=1S/C9H15NO5/c1-9(2,3)15-8(14)7(13)10-5-4-6(11)12/h4-5H2,1-3H3,(H,10,13)(H,11,12). The zero-order valence-corrected chi connectivity index (χ0v) is 8.99. The number of carbonyl (C=O) groups excluding carboxylic acids is 2. The first-order chi connectivity index (χ1) is 6.72. The molecule has 6 heteroatoms. The monoisotopic (exact) mass is 217 g/mol. The van der Waals surface area contributed by atoms with E-state index in [9.17, 15) is 14.4 Å². The lowest BCUT2D eigenvalue weighted by atomic mass is 10.2. The van der Waals surface area contributed by atoms with Crippen LogP contribution in [0.15, 0.2) is 0 Å². The van der Waals surface area contributed by atoms with E-state index >= 15 is 0 Å². The number of esters is 1. The average molecular weight is 217 g/mol. The van der Waals surface area contributed by atoms with Crippen LogP contribution < -0.4 is 5.32 Å². The molecule has 0 aliphatic rings. The Kier molecular flexibility index (Phi) is 4.77. The van der Waals surface area contributed by atoms with E-state index in [-0.39, 0.29) is 13.0 Å². The Balaban J connectivity index is 3.91. The molecule has 15 heavy (non-hydrogen) atoms. The second kappa shape index (κ2) is 5.33. The molecule has 0 saturated carbocycles. The highest BCUT2D eigenvalue weighted by molar-refractivity contribution is 6.32. The smallest absolute Gasteiger partial charge is 0.397 e. The van der Waals surface area contributed by atoms with Gasteiger partial charge in [-0.25, -0.2) is 4.79 Å². The molecule has 0 atom stereocenters. The van der Waals surface area contributed by atoms with Crippen LogP contribution in [0.4, 0.5) is 0 Å². The number of nitrogens with one attached hydrogen (secondary N) is 1. The summed E-state index contributed by atoms with van der Waals surface area (Å²) in [5.41, 5.74) is -0.735. The fourth-order valence-electron chi connectivity index (χ4n) is 0.680. The molecule has 0 heterocycles. The minimum absolute atomic E-state index is 0.0899. The summed E-state index contributed by atoms with van der Waals surface area (Å²) in [6, 6.07) is 0. The van der Waals surface area contributed by atoms with Crippen LogP contribution in [0.1, 0.15) is 27.2 Å². The highest BCUT2D eigenvalue weighted by Gasteiger charge is 2.22. The van der Waals surface area contributed by atoms with E-state index in [1.807, 2.05) is 0 Å². The summed E-state index contributed by atoms with van der Waals surface area (Å²) < 4.78 is 4.76. The predicted octanol–water partition coefficient (Wildman–Crippen LogP) is -0.0810. The number of hydrogen-bond donors (Lipinski definition) is 2. The third-order valence-electron chi connectivity index (χ3n) is 1.21. The Morgan fingerprint density at radius 2 is 1.80 bits per heavy atom. The maximum atomic E-state index is 11.1. The highest BCUT2D eigenvalue weighted by Crippen LogP contribution is 2.06. The van der Waals surface area contributed by atoms with Crippen molar-refractivity contribution in [2.75, 3.05) is 6.54 Å². The van der Waals surface area contributed by atoms with Crippen molar-refractivity contribution < 1.29 is 24.2 Å². The van der Waals surface area contributed by atoms with Crippen LogP contribution >= 0.6 is 0 Å². The van der Waals surface area contributed by atoms with Crippen molar-refractivity contribution in [3.63, 3.8) is 0 Å². The van der Waals surface area contributed by atoms with Gasteiger partial charge in [-0.2, -0.15) is 0 Å². The molecule has 0 radical (unpaired) electrons. The molecule has 0 aliphatic heterocycles. The number of carboxylic acids is 1. The number of rotatable bonds is 3. The SMILES string of the molecule is CC(C)(C)OC(=O)C(=O)NCCC(=O)O. The molecule has 1 amide bonds. The minimum atomic E-state index is -1.04. The molecule has 0 aromatic rings. The van der Waals surface area contributed by atoms with Gasteiger partial charge in [-0.1, -0.05) is 0 Å². The molecule has 0 aromatic heterocycles. The van der Waals surface area contributed by atoms with E-state index in [1.165, 1.54) is 0 Å². The third kappa shape index (κ3) is 7.48. The predicted molar refractivity (Wildman–Crippen MR) is 51.1 cm³/mol. The average Bonchev–Trinajstić information content (AvgIpc) is 1.99. The van der Waals surface area contributed by atoms with Gasteiger partial charge in [0, 0.05) is 6.54 Å². The Bertz CT molecular complexity index is 266. The van der Waals surface area contributed by atoms with Crippen LogP contribution in [0.25, 0.3) is 0 Å². The quantitative estimate of drug-likeness (QED) is 0.509. The van der Waals surface area contributed by atoms with Crippen molar-refractivity contribution in [1.82, 2.24) is 5.32 Å². The largest absolute Gasteiger partial charge is 0.481 e. The Hall–Kier alpha value is -1.59. The van der Waals surface area contributed by atoms with Crippen LogP contribution in [0.2, 0.25) is 0 Å². The van der Waals surface area contributed by atoms with E-state index in [4.69, 9.17) is 9.84 Å². The number of ether oxygens (including phenoxy) is 1. The van der Waals surface area contributed by atoms with Crippen molar-refractivity contribution in [2.24, 2.45) is 0 Å². The van der Waals surface area contributed by atoms with Gasteiger partial charge in [-0.3, -0.25) is 9.59 Å². The van der Waals surface area contributed by atoms with Crippen LogP contribution in [-0.4, -0.2) is 35.1 Å². The molecule has 0 fully saturated rings. The fourth-order valence-corrected chi connectivity index (χ4v) is 0.680. The fraction of sp³-hybridized carbons (Fsp3) is 0.667. The van der Waals surface area contributed by atoms with Crippen molar-refractivity contribution in [1.29, 1.82) is 0 Å². The van der Waals surface area contributed by atoms with E-state index in [0.29, 0.717) is 0 Å². The Labute approximate surface area is 87.6 Å². The van der Waals surface area contributed by atoms with E-state index in [2.05, 4.69) is 5.32 Å². The first kappa shape index (κ1) is 13.4. The Morgan fingerprint density at radius 3 is 2.20 bits per heavy atom. The van der Waals surface area contributed by atoms with Crippen molar-refractivity contribution in [2.45, 2.75) is 32.8 Å². The normalized spacial score (nSPS) is 10.6. The van der Waals surface area contributed by atoms with Gasteiger partial charge >= 0.3 is 17.8 Å². The lowest BCUT2D eigenvalue weighted by Gasteiger charge is -2.18. The number of carboxylic acid groups (broad SMARTS) is 1. The first-order valence-corrected chi connectivity index (χ1v) is 4.45. The van der Waals surface area contributed by atoms with Crippen LogP contribution in [0, 0.1) is 0 Å². The number of carbonyl (C=O) groups is 3. The summed E-state index contributed by atoms with van der Waals surface area (Å²) in [7, 11) is 0. The van der Waals surface area contributed by atoms with Gasteiger partial charge in [0.2, 0.25) is 0 Å². The summed E-state index contributed by atoms with van der Waals surface area (Å²) in [6.45, 7) is 4.81. The molecule has 0 saturated heterocycles. The second-order valence-corrected chi connectivity index (χ2v) is 3.90.